The number of hydrogen-bond acceptors (Lipinski definition) is 9. The molecule has 0 saturated carbocycles. The quantitative estimate of drug-likeness (QED) is 0.0296. The maximum atomic E-state index is 13.0. The summed E-state index contributed by atoms with van der Waals surface area (Å²) in [7, 11) is 0. The van der Waals surface area contributed by atoms with Crippen molar-refractivity contribution in [3.8, 4) is 0 Å². The Hall–Kier alpha value is -0.850. The average molecular weight is 830 g/mol. The van der Waals surface area contributed by atoms with E-state index in [0.717, 1.165) is 38.5 Å². The van der Waals surface area contributed by atoms with Crippen molar-refractivity contribution in [3.63, 3.8) is 0 Å². The Morgan fingerprint density at radius 2 is 0.897 bits per heavy atom. The van der Waals surface area contributed by atoms with Crippen molar-refractivity contribution < 1.29 is 44.9 Å². The summed E-state index contributed by atoms with van der Waals surface area (Å²) in [6.07, 6.45) is 32.5. The van der Waals surface area contributed by atoms with Crippen LogP contribution in [0.5, 0.6) is 0 Å². The second-order valence-electron chi connectivity index (χ2n) is 17.8. The number of nitrogens with one attached hydrogen (secondary N) is 1. The molecule has 1 aliphatic rings. The summed E-state index contributed by atoms with van der Waals surface area (Å²) in [6, 6.07) is -0.984. The van der Waals surface area contributed by atoms with E-state index < -0.39 is 55.6 Å². The monoisotopic (exact) mass is 830 g/mol. The van der Waals surface area contributed by atoms with Crippen molar-refractivity contribution in [1.82, 2.24) is 5.32 Å². The average Bonchev–Trinajstić information content (AvgIpc) is 3.22. The van der Waals surface area contributed by atoms with Crippen molar-refractivity contribution >= 4 is 5.91 Å². The number of aliphatic hydroxyl groups excluding tert-OH is 6. The van der Waals surface area contributed by atoms with Gasteiger partial charge in [-0.3, -0.25) is 4.79 Å². The highest BCUT2D eigenvalue weighted by molar-refractivity contribution is 5.76. The van der Waals surface area contributed by atoms with E-state index in [-0.39, 0.29) is 18.9 Å². The molecule has 0 aliphatic carbocycles. The first-order valence-corrected chi connectivity index (χ1v) is 24.8. The van der Waals surface area contributed by atoms with E-state index >= 15 is 0 Å². The summed E-state index contributed by atoms with van der Waals surface area (Å²) in [4.78, 5) is 13.0. The molecule has 1 heterocycles. The van der Waals surface area contributed by atoms with Crippen LogP contribution in [-0.4, -0.2) is 98.7 Å². The number of ether oxygens (including phenoxy) is 2. The normalized spacial score (nSPS) is 21.3. The van der Waals surface area contributed by atoms with E-state index in [4.69, 9.17) is 9.47 Å². The van der Waals surface area contributed by atoms with Gasteiger partial charge in [0.15, 0.2) is 6.29 Å². The number of unbranched alkanes of at least 4 members (excludes halogenated alkanes) is 31. The standard InChI is InChI=1S/C48H95NO9/c1-3-5-7-9-11-13-15-17-18-19-20-21-22-23-25-27-29-31-33-35-37-43(52)49-40(39-57-48-47(56)46(55)45(54)42(38-50)58-48)44(53)41(51)36-34-32-30-28-26-24-16-14-12-10-8-6-4-2/h40-42,44-48,50-51,53-56H,3-39H2,1-2H3,(H,49,52)/t40-,41+,42+,44-,45+,46?,47?,48+/m0/s1. The summed E-state index contributed by atoms with van der Waals surface area (Å²) in [5.41, 5.74) is 0. The predicted octanol–water partition coefficient (Wildman–Crippen LogP) is 9.70. The fourth-order valence-electron chi connectivity index (χ4n) is 8.26. The molecule has 1 fully saturated rings. The van der Waals surface area contributed by atoms with Gasteiger partial charge < -0.3 is 45.4 Å². The molecule has 58 heavy (non-hydrogen) atoms. The summed E-state index contributed by atoms with van der Waals surface area (Å²) in [5.74, 6) is -0.253. The Morgan fingerprint density at radius 3 is 1.28 bits per heavy atom. The van der Waals surface area contributed by atoms with Crippen LogP contribution in [-0.2, 0) is 14.3 Å². The highest BCUT2D eigenvalue weighted by Gasteiger charge is 2.44. The first-order valence-electron chi connectivity index (χ1n) is 24.8. The van der Waals surface area contributed by atoms with Crippen LogP contribution in [0.2, 0.25) is 0 Å². The Balaban J connectivity index is 2.32. The number of carbonyl (C=O) groups is 1. The maximum absolute atomic E-state index is 13.0. The van der Waals surface area contributed by atoms with Crippen molar-refractivity contribution in [2.24, 2.45) is 0 Å². The smallest absolute Gasteiger partial charge is 0.220 e. The third-order valence-corrected chi connectivity index (χ3v) is 12.3. The van der Waals surface area contributed by atoms with Crippen LogP contribution in [0.25, 0.3) is 0 Å². The SMILES string of the molecule is CCCCCCCCCCCCCCCCCCCCCCC(=O)N[C@@H](CO[C@@H]1O[C@H](CO)[C@@H](O)C(O)C1O)[C@H](O)[C@H](O)CCCCCCCCCCCCCCC. The van der Waals surface area contributed by atoms with Crippen molar-refractivity contribution in [2.45, 2.75) is 288 Å². The minimum absolute atomic E-state index is 0.253. The molecular formula is C48H95NO9. The van der Waals surface area contributed by atoms with E-state index in [1.165, 1.54) is 173 Å². The largest absolute Gasteiger partial charge is 0.394 e. The van der Waals surface area contributed by atoms with Crippen molar-refractivity contribution in [2.75, 3.05) is 13.2 Å². The number of aliphatic hydroxyl groups is 6. The summed E-state index contributed by atoms with van der Waals surface area (Å²) >= 11 is 0. The molecule has 1 rings (SSSR count). The highest BCUT2D eigenvalue weighted by Crippen LogP contribution is 2.23. The van der Waals surface area contributed by atoms with Gasteiger partial charge in [-0.1, -0.05) is 219 Å². The summed E-state index contributed by atoms with van der Waals surface area (Å²) in [5, 5.41) is 65.2. The van der Waals surface area contributed by atoms with Gasteiger partial charge in [0.2, 0.25) is 5.91 Å². The van der Waals surface area contributed by atoms with Gasteiger partial charge in [0.05, 0.1) is 25.4 Å². The summed E-state index contributed by atoms with van der Waals surface area (Å²) < 4.78 is 11.2. The lowest BCUT2D eigenvalue weighted by Gasteiger charge is -2.40. The third-order valence-electron chi connectivity index (χ3n) is 12.3. The van der Waals surface area contributed by atoms with Gasteiger partial charge in [0.1, 0.15) is 30.5 Å². The van der Waals surface area contributed by atoms with Crippen LogP contribution < -0.4 is 5.32 Å². The number of rotatable bonds is 42. The van der Waals surface area contributed by atoms with Crippen LogP contribution >= 0.6 is 0 Å². The Bertz CT molecular complexity index is 895. The van der Waals surface area contributed by atoms with Gasteiger partial charge in [0, 0.05) is 6.42 Å². The molecule has 10 nitrogen and oxygen atoms in total. The van der Waals surface area contributed by atoms with Gasteiger partial charge in [-0.25, -0.2) is 0 Å². The van der Waals surface area contributed by atoms with Gasteiger partial charge >= 0.3 is 0 Å². The van der Waals surface area contributed by atoms with Crippen LogP contribution in [0.15, 0.2) is 0 Å². The van der Waals surface area contributed by atoms with E-state index in [1.54, 1.807) is 0 Å². The van der Waals surface area contributed by atoms with Crippen LogP contribution in [0, 0.1) is 0 Å². The molecule has 1 aliphatic heterocycles. The first kappa shape index (κ1) is 55.2. The molecule has 8 atom stereocenters. The van der Waals surface area contributed by atoms with E-state index in [0.29, 0.717) is 6.42 Å². The Kier molecular flexibility index (Phi) is 37.1. The zero-order valence-electron chi connectivity index (χ0n) is 37.7. The van der Waals surface area contributed by atoms with Gasteiger partial charge in [-0.15, -0.1) is 0 Å². The van der Waals surface area contributed by atoms with Crippen LogP contribution in [0.3, 0.4) is 0 Å². The molecule has 10 heteroatoms. The molecule has 7 N–H and O–H groups in total. The number of hydrogen-bond donors (Lipinski definition) is 7. The molecule has 0 aromatic heterocycles. The van der Waals surface area contributed by atoms with Gasteiger partial charge in [-0.05, 0) is 12.8 Å². The van der Waals surface area contributed by atoms with E-state index in [2.05, 4.69) is 19.2 Å². The molecule has 0 bridgehead atoms. The molecule has 0 aromatic carbocycles. The molecule has 1 saturated heterocycles. The van der Waals surface area contributed by atoms with Gasteiger partial charge in [0.25, 0.3) is 0 Å². The second kappa shape index (κ2) is 39.0. The Morgan fingerprint density at radius 1 is 0.534 bits per heavy atom. The Labute approximate surface area is 356 Å². The van der Waals surface area contributed by atoms with Gasteiger partial charge in [-0.2, -0.15) is 0 Å². The molecule has 1 amide bonds. The lowest BCUT2D eigenvalue weighted by Crippen LogP contribution is -2.60. The molecule has 0 radical (unpaired) electrons. The van der Waals surface area contributed by atoms with Crippen LogP contribution in [0.1, 0.15) is 239 Å². The zero-order chi connectivity index (χ0) is 42.5. The minimum Gasteiger partial charge on any atom is -0.394 e. The maximum Gasteiger partial charge on any atom is 0.220 e. The molecule has 2 unspecified atom stereocenters. The second-order valence-corrected chi connectivity index (χ2v) is 17.8. The molecule has 0 aromatic rings. The summed E-state index contributed by atoms with van der Waals surface area (Å²) in [6.45, 7) is 3.63. The zero-order valence-corrected chi connectivity index (χ0v) is 37.7. The number of carbonyl (C=O) groups excluding carboxylic acids is 1. The van der Waals surface area contributed by atoms with E-state index in [1.807, 2.05) is 0 Å². The fraction of sp³-hybridized carbons (Fsp3) is 0.979. The van der Waals surface area contributed by atoms with Crippen molar-refractivity contribution in [1.29, 1.82) is 0 Å². The molecule has 346 valence electrons. The lowest BCUT2D eigenvalue weighted by molar-refractivity contribution is -0.303. The number of amides is 1. The van der Waals surface area contributed by atoms with Crippen LogP contribution in [0.4, 0.5) is 0 Å². The molecular weight excluding hydrogens is 735 g/mol. The lowest BCUT2D eigenvalue weighted by atomic mass is 9.98. The molecule has 0 spiro atoms. The van der Waals surface area contributed by atoms with E-state index in [9.17, 15) is 35.4 Å². The first-order chi connectivity index (χ1) is 28.3. The minimum atomic E-state index is -1.60. The van der Waals surface area contributed by atoms with Crippen molar-refractivity contribution in [3.05, 3.63) is 0 Å². The highest BCUT2D eigenvalue weighted by atomic mass is 16.7. The fourth-order valence-corrected chi connectivity index (χ4v) is 8.26. The third kappa shape index (κ3) is 28.6. The topological polar surface area (TPSA) is 169 Å². The predicted molar refractivity (Wildman–Crippen MR) is 237 cm³/mol.